The summed E-state index contributed by atoms with van der Waals surface area (Å²) < 4.78 is 28.2. The van der Waals surface area contributed by atoms with Gasteiger partial charge >= 0.3 is 0 Å². The number of carbonyl (C=O) groups excluding carboxylic acids is 1. The normalized spacial score (nSPS) is 11.2. The second kappa shape index (κ2) is 8.90. The Morgan fingerprint density at radius 1 is 1.00 bits per heavy atom. The summed E-state index contributed by atoms with van der Waals surface area (Å²) in [4.78, 5) is 14.6. The molecular weight excluding hydrogens is 420 g/mol. The van der Waals surface area contributed by atoms with Crippen LogP contribution in [0.3, 0.4) is 0 Å². The van der Waals surface area contributed by atoms with Crippen LogP contribution >= 0.6 is 11.6 Å². The molecule has 0 saturated heterocycles. The van der Waals surface area contributed by atoms with E-state index in [0.29, 0.717) is 28.4 Å². The van der Waals surface area contributed by atoms with Crippen LogP contribution in [0.2, 0.25) is 5.02 Å². The predicted octanol–water partition coefficient (Wildman–Crippen LogP) is 5.03. The average Bonchev–Trinajstić information content (AvgIpc) is 2.71. The molecule has 0 radical (unpaired) electrons. The van der Waals surface area contributed by atoms with Crippen molar-refractivity contribution in [1.82, 2.24) is 4.90 Å². The lowest BCUT2D eigenvalue weighted by atomic mass is 10.1. The molecule has 0 bridgehead atoms. The van der Waals surface area contributed by atoms with E-state index in [-0.39, 0.29) is 10.8 Å². The molecule has 0 atom stereocenters. The van der Waals surface area contributed by atoms with Crippen molar-refractivity contribution in [3.63, 3.8) is 0 Å². The molecule has 7 heteroatoms. The van der Waals surface area contributed by atoms with E-state index in [4.69, 9.17) is 11.6 Å². The van der Waals surface area contributed by atoms with E-state index < -0.39 is 10.0 Å². The van der Waals surface area contributed by atoms with E-state index >= 15 is 0 Å². The van der Waals surface area contributed by atoms with E-state index in [2.05, 4.69) is 4.72 Å². The maximum atomic E-state index is 13.0. The van der Waals surface area contributed by atoms with Crippen LogP contribution in [0, 0.1) is 13.8 Å². The van der Waals surface area contributed by atoms with Gasteiger partial charge in [0.15, 0.2) is 0 Å². The predicted molar refractivity (Wildman–Crippen MR) is 120 cm³/mol. The van der Waals surface area contributed by atoms with Crippen LogP contribution in [0.1, 0.15) is 27.0 Å². The fourth-order valence-corrected chi connectivity index (χ4v) is 4.27. The van der Waals surface area contributed by atoms with Gasteiger partial charge in [-0.1, -0.05) is 53.6 Å². The number of nitrogens with one attached hydrogen (secondary N) is 1. The number of nitrogens with zero attached hydrogens (tertiary/aromatic N) is 1. The molecule has 156 valence electrons. The highest BCUT2D eigenvalue weighted by Gasteiger charge is 2.20. The first-order valence-electron chi connectivity index (χ1n) is 9.36. The fourth-order valence-electron chi connectivity index (χ4n) is 2.99. The summed E-state index contributed by atoms with van der Waals surface area (Å²) >= 11 is 6.20. The van der Waals surface area contributed by atoms with Gasteiger partial charge in [0, 0.05) is 29.9 Å². The average molecular weight is 443 g/mol. The van der Waals surface area contributed by atoms with Gasteiger partial charge in [-0.3, -0.25) is 9.52 Å². The van der Waals surface area contributed by atoms with Gasteiger partial charge in [-0.15, -0.1) is 0 Å². The number of amides is 1. The quantitative estimate of drug-likeness (QED) is 0.582. The van der Waals surface area contributed by atoms with Gasteiger partial charge in [0.1, 0.15) is 0 Å². The molecule has 3 rings (SSSR count). The third kappa shape index (κ3) is 5.01. The summed E-state index contributed by atoms with van der Waals surface area (Å²) in [6.07, 6.45) is 0. The number of anilines is 1. The van der Waals surface area contributed by atoms with Gasteiger partial charge in [-0.2, -0.15) is 0 Å². The van der Waals surface area contributed by atoms with Crippen molar-refractivity contribution in [3.05, 3.63) is 94.0 Å². The number of carbonyl (C=O) groups is 1. The maximum absolute atomic E-state index is 13.0. The topological polar surface area (TPSA) is 66.5 Å². The highest BCUT2D eigenvalue weighted by molar-refractivity contribution is 7.92. The van der Waals surface area contributed by atoms with Gasteiger partial charge in [0.2, 0.25) is 0 Å². The van der Waals surface area contributed by atoms with Crippen LogP contribution in [0.15, 0.2) is 71.6 Å². The van der Waals surface area contributed by atoms with Crippen molar-refractivity contribution in [2.45, 2.75) is 25.3 Å². The zero-order valence-electron chi connectivity index (χ0n) is 17.0. The lowest BCUT2D eigenvalue weighted by Crippen LogP contribution is -2.27. The highest BCUT2D eigenvalue weighted by atomic mass is 35.5. The highest BCUT2D eigenvalue weighted by Crippen LogP contribution is 2.22. The Labute approximate surface area is 182 Å². The molecule has 3 aromatic rings. The molecule has 3 aromatic carbocycles. The molecule has 5 nitrogen and oxygen atoms in total. The second-order valence-electron chi connectivity index (χ2n) is 7.20. The zero-order chi connectivity index (χ0) is 21.9. The van der Waals surface area contributed by atoms with Crippen LogP contribution in [0.4, 0.5) is 5.69 Å². The third-order valence-corrected chi connectivity index (χ3v) is 6.51. The molecule has 0 spiro atoms. The minimum Gasteiger partial charge on any atom is -0.337 e. The third-order valence-electron chi connectivity index (χ3n) is 4.77. The lowest BCUT2D eigenvalue weighted by Gasteiger charge is -2.20. The molecular formula is C23H23ClN2O3S. The Balaban J connectivity index is 1.86. The number of hydrogen-bond donors (Lipinski definition) is 1. The van der Waals surface area contributed by atoms with E-state index in [1.165, 1.54) is 17.0 Å². The molecule has 0 aliphatic heterocycles. The first-order chi connectivity index (χ1) is 14.2. The van der Waals surface area contributed by atoms with Gasteiger partial charge in [0.25, 0.3) is 15.9 Å². The summed E-state index contributed by atoms with van der Waals surface area (Å²) in [5, 5.41) is 0.576. The number of hydrogen-bond acceptors (Lipinski definition) is 3. The lowest BCUT2D eigenvalue weighted by molar-refractivity contribution is 0.0784. The fraction of sp³-hybridized carbons (Fsp3) is 0.174. The molecule has 0 unspecified atom stereocenters. The first kappa shape index (κ1) is 21.9. The standard InChI is InChI=1S/C23H23ClN2O3S/c1-16-8-11-19(12-9-16)25-30(28,29)20-13-10-17(2)21(14-20)23(27)26(3)15-18-6-4-5-7-22(18)24/h4-14,25H,15H2,1-3H3. The van der Waals surface area contributed by atoms with E-state index in [1.54, 1.807) is 38.2 Å². The minimum atomic E-state index is -3.83. The first-order valence-corrected chi connectivity index (χ1v) is 11.2. The molecule has 0 heterocycles. The largest absolute Gasteiger partial charge is 0.337 e. The second-order valence-corrected chi connectivity index (χ2v) is 9.29. The molecule has 1 amide bonds. The van der Waals surface area contributed by atoms with Crippen LogP contribution in [0.25, 0.3) is 0 Å². The Hall–Kier alpha value is -2.83. The van der Waals surface area contributed by atoms with E-state index in [9.17, 15) is 13.2 Å². The van der Waals surface area contributed by atoms with Gasteiger partial charge < -0.3 is 4.90 Å². The summed E-state index contributed by atoms with van der Waals surface area (Å²) in [5.41, 5.74) is 3.33. The number of benzene rings is 3. The monoisotopic (exact) mass is 442 g/mol. The molecule has 30 heavy (non-hydrogen) atoms. The smallest absolute Gasteiger partial charge is 0.261 e. The molecule has 0 aromatic heterocycles. The zero-order valence-corrected chi connectivity index (χ0v) is 18.6. The van der Waals surface area contributed by atoms with Crippen LogP contribution in [0.5, 0.6) is 0 Å². The Kier molecular flexibility index (Phi) is 6.48. The molecule has 0 fully saturated rings. The van der Waals surface area contributed by atoms with Crippen molar-refractivity contribution >= 4 is 33.2 Å². The summed E-state index contributed by atoms with van der Waals surface area (Å²) in [6.45, 7) is 4.02. The van der Waals surface area contributed by atoms with Crippen LogP contribution in [-0.4, -0.2) is 26.3 Å². The van der Waals surface area contributed by atoms with Gasteiger partial charge in [-0.25, -0.2) is 8.42 Å². The number of rotatable bonds is 6. The van der Waals surface area contributed by atoms with E-state index in [0.717, 1.165) is 11.1 Å². The van der Waals surface area contributed by atoms with Crippen molar-refractivity contribution in [1.29, 1.82) is 0 Å². The minimum absolute atomic E-state index is 0.0307. The molecule has 1 N–H and O–H groups in total. The number of aryl methyl sites for hydroxylation is 2. The van der Waals surface area contributed by atoms with Crippen molar-refractivity contribution in [2.24, 2.45) is 0 Å². The SMILES string of the molecule is Cc1ccc(NS(=O)(=O)c2ccc(C)c(C(=O)N(C)Cc3ccccc3Cl)c2)cc1. The van der Waals surface area contributed by atoms with Crippen LogP contribution < -0.4 is 4.72 Å². The van der Waals surface area contributed by atoms with Crippen molar-refractivity contribution in [3.8, 4) is 0 Å². The maximum Gasteiger partial charge on any atom is 0.261 e. The summed E-state index contributed by atoms with van der Waals surface area (Å²) in [5.74, 6) is -0.278. The van der Waals surface area contributed by atoms with Gasteiger partial charge in [0.05, 0.1) is 4.90 Å². The molecule has 0 aliphatic rings. The number of halogens is 1. The van der Waals surface area contributed by atoms with Gasteiger partial charge in [-0.05, 0) is 55.3 Å². The summed E-state index contributed by atoms with van der Waals surface area (Å²) in [7, 11) is -2.17. The number of sulfonamides is 1. The summed E-state index contributed by atoms with van der Waals surface area (Å²) in [6, 6.07) is 18.9. The Morgan fingerprint density at radius 3 is 2.33 bits per heavy atom. The van der Waals surface area contributed by atoms with Crippen molar-refractivity contribution < 1.29 is 13.2 Å². The Morgan fingerprint density at radius 2 is 1.67 bits per heavy atom. The molecule has 0 aliphatic carbocycles. The molecule has 0 saturated carbocycles. The van der Waals surface area contributed by atoms with Crippen LogP contribution in [-0.2, 0) is 16.6 Å². The Bertz CT molecular complexity index is 1180. The van der Waals surface area contributed by atoms with E-state index in [1.807, 2.05) is 37.3 Å². The van der Waals surface area contributed by atoms with Crippen molar-refractivity contribution in [2.75, 3.05) is 11.8 Å².